The van der Waals surface area contributed by atoms with Crippen LogP contribution in [0.25, 0.3) is 0 Å². The van der Waals surface area contributed by atoms with Crippen molar-refractivity contribution in [2.24, 2.45) is 28.9 Å². The maximum Gasteiger partial charge on any atom is 0.326 e. The average molecular weight is 993 g/mol. The number of benzene rings is 2. The summed E-state index contributed by atoms with van der Waals surface area (Å²) in [6.07, 6.45) is -0.644. The minimum absolute atomic E-state index is 0.0815. The van der Waals surface area contributed by atoms with Crippen molar-refractivity contribution in [1.29, 1.82) is 0 Å². The number of carboxylic acid groups (broad SMARTS) is 1. The first-order valence-electron chi connectivity index (χ1n) is 23.4. The molecule has 0 aliphatic carbocycles. The van der Waals surface area contributed by atoms with E-state index in [2.05, 4.69) is 42.5 Å². The normalized spacial score (nSPS) is 16.0. The van der Waals surface area contributed by atoms with E-state index in [0.717, 1.165) is 12.0 Å². The Kier molecular flexibility index (Phi) is 24.1. The summed E-state index contributed by atoms with van der Waals surface area (Å²) in [5.74, 6) is -11.2. The van der Waals surface area contributed by atoms with Crippen LogP contribution in [-0.4, -0.2) is 132 Å². The van der Waals surface area contributed by atoms with Gasteiger partial charge in [-0.05, 0) is 68.7 Å². The lowest BCUT2D eigenvalue weighted by molar-refractivity contribution is -0.143. The lowest BCUT2D eigenvalue weighted by Crippen LogP contribution is -2.61. The van der Waals surface area contributed by atoms with Gasteiger partial charge in [0, 0.05) is 19.3 Å². The van der Waals surface area contributed by atoms with Gasteiger partial charge in [-0.2, -0.15) is 0 Å². The third-order valence-corrected chi connectivity index (χ3v) is 11.4. The van der Waals surface area contributed by atoms with Gasteiger partial charge in [0.25, 0.3) is 0 Å². The molecule has 0 spiro atoms. The van der Waals surface area contributed by atoms with Gasteiger partial charge in [0.2, 0.25) is 59.1 Å². The van der Waals surface area contributed by atoms with Gasteiger partial charge in [-0.25, -0.2) is 4.79 Å². The van der Waals surface area contributed by atoms with E-state index >= 15 is 0 Å². The molecule has 1 fully saturated rings. The summed E-state index contributed by atoms with van der Waals surface area (Å²) >= 11 is 0. The van der Waals surface area contributed by atoms with Crippen LogP contribution in [0.5, 0.6) is 0 Å². The Morgan fingerprint density at radius 2 is 1.01 bits per heavy atom. The summed E-state index contributed by atoms with van der Waals surface area (Å²) in [5.41, 5.74) is 23.0. The zero-order chi connectivity index (χ0) is 52.6. The van der Waals surface area contributed by atoms with E-state index in [1.165, 1.54) is 0 Å². The molecule has 8 atom stereocenters. The second-order valence-electron chi connectivity index (χ2n) is 17.6. The molecule has 0 unspecified atom stereocenters. The van der Waals surface area contributed by atoms with Gasteiger partial charge in [-0.1, -0.05) is 74.5 Å². The highest BCUT2D eigenvalue weighted by atomic mass is 16.4. The highest BCUT2D eigenvalue weighted by Crippen LogP contribution is 2.12. The summed E-state index contributed by atoms with van der Waals surface area (Å²) in [6, 6.07) is 6.15. The number of hydrogen-bond donors (Lipinski definition) is 13. The van der Waals surface area contributed by atoms with Crippen LogP contribution < -0.4 is 65.5 Å². The number of aliphatic carboxylic acids is 1. The quantitative estimate of drug-likeness (QED) is 0.0326. The van der Waals surface area contributed by atoms with Crippen molar-refractivity contribution in [2.75, 3.05) is 13.1 Å². The number of nitrogens with one attached hydrogen (secondary N) is 8. The number of unbranched alkanes of at least 4 members (excludes halogenated alkanes) is 1. The van der Waals surface area contributed by atoms with Crippen molar-refractivity contribution in [1.82, 2.24) is 42.5 Å². The van der Waals surface area contributed by atoms with Crippen molar-refractivity contribution < 1.29 is 57.8 Å². The number of carbonyl (C=O) groups is 11. The zero-order valence-corrected chi connectivity index (χ0v) is 39.9. The van der Waals surface area contributed by atoms with Gasteiger partial charge in [0.05, 0.1) is 18.9 Å². The highest BCUT2D eigenvalue weighted by molar-refractivity contribution is 5.99. The monoisotopic (exact) mass is 993 g/mol. The van der Waals surface area contributed by atoms with Crippen LogP contribution in [0.1, 0.15) is 82.8 Å². The molecule has 1 aliphatic heterocycles. The number of primary amides is 3. The van der Waals surface area contributed by atoms with Crippen LogP contribution in [0.3, 0.4) is 0 Å². The number of hydrogen-bond acceptors (Lipinski definition) is 13. The molecule has 24 nitrogen and oxygen atoms in total. The van der Waals surface area contributed by atoms with Gasteiger partial charge >= 0.3 is 5.97 Å². The molecular formula is C47H68N12O12. The Morgan fingerprint density at radius 1 is 0.563 bits per heavy atom. The van der Waals surface area contributed by atoms with Crippen LogP contribution in [0.4, 0.5) is 0 Å². The molecule has 0 saturated carbocycles. The van der Waals surface area contributed by atoms with E-state index in [4.69, 9.17) is 22.9 Å². The first-order chi connectivity index (χ1) is 33.7. The summed E-state index contributed by atoms with van der Waals surface area (Å²) in [6.45, 7) is 4.07. The Hall–Kier alpha value is -7.47. The highest BCUT2D eigenvalue weighted by Gasteiger charge is 2.36. The Bertz CT molecular complexity index is 2170. The predicted molar refractivity (Wildman–Crippen MR) is 256 cm³/mol. The van der Waals surface area contributed by atoms with E-state index in [9.17, 15) is 57.8 Å². The largest absolute Gasteiger partial charge is 0.480 e. The van der Waals surface area contributed by atoms with E-state index in [0.29, 0.717) is 24.9 Å². The number of carboxylic acids is 1. The SMILES string of the molecule is CC(C)[C@H](NC(=O)[C@H](Cc1ccccc1)NC(=O)[C@@H]1CCCN1)C(=O)N[C@@H](CC(N)=O)C(=O)N[C@@H](CCCCN)C(=O)N[C@@H](CCC(N)=O)C(=O)N[C@@H](Cc1ccccc1)C(=O)N[C@@H](CC(N)=O)C(=O)O. The minimum atomic E-state index is -1.76. The van der Waals surface area contributed by atoms with Gasteiger partial charge < -0.3 is 70.6 Å². The maximum atomic E-state index is 14.1. The van der Waals surface area contributed by atoms with Crippen LogP contribution in [0.15, 0.2) is 60.7 Å². The fourth-order valence-corrected chi connectivity index (χ4v) is 7.57. The molecule has 0 aromatic heterocycles. The van der Waals surface area contributed by atoms with Crippen molar-refractivity contribution in [3.63, 3.8) is 0 Å². The van der Waals surface area contributed by atoms with Crippen LogP contribution >= 0.6 is 0 Å². The van der Waals surface area contributed by atoms with Crippen molar-refractivity contribution in [3.8, 4) is 0 Å². The molecule has 2 aromatic carbocycles. The first-order valence-corrected chi connectivity index (χ1v) is 23.4. The number of amides is 10. The standard InChI is InChI=1S/C47H68N12O12/c1-26(2)39(59-45(68)33(23-28-14-7-4-8-15-28)55-40(63)29-17-11-21-52-29)46(69)57-34(24-37(50)61)44(67)53-30(16-9-10-20-48)41(64)54-31(18-19-36(49)60)42(65)56-32(22-27-12-5-3-6-13-27)43(66)58-35(47(70)71)25-38(51)62/h3-8,12-15,26,29-35,39,52H,9-11,16-25,48H2,1-2H3,(H2,49,60)(H2,50,61)(H2,51,62)(H,53,67)(H,54,64)(H,55,63)(H,56,65)(H,57,69)(H,58,66)(H,59,68)(H,70,71)/t29-,30-,31-,32-,33-,34-,35-,39-/m0/s1. The Labute approximate surface area is 411 Å². The number of nitrogens with two attached hydrogens (primary N) is 4. The molecule has 388 valence electrons. The van der Waals surface area contributed by atoms with Crippen molar-refractivity contribution in [2.45, 2.75) is 133 Å². The third-order valence-electron chi connectivity index (χ3n) is 11.4. The smallest absolute Gasteiger partial charge is 0.326 e. The molecule has 1 heterocycles. The van der Waals surface area contributed by atoms with Gasteiger partial charge in [-0.15, -0.1) is 0 Å². The lowest BCUT2D eigenvalue weighted by Gasteiger charge is -2.29. The molecule has 2 aromatic rings. The van der Waals surface area contributed by atoms with Crippen LogP contribution in [-0.2, 0) is 65.6 Å². The van der Waals surface area contributed by atoms with Gasteiger partial charge in [0.15, 0.2) is 0 Å². The first kappa shape index (κ1) is 57.8. The molecule has 0 bridgehead atoms. The fourth-order valence-electron chi connectivity index (χ4n) is 7.57. The molecule has 24 heteroatoms. The maximum absolute atomic E-state index is 14.1. The molecule has 3 rings (SSSR count). The molecule has 10 amide bonds. The predicted octanol–water partition coefficient (Wildman–Crippen LogP) is -3.50. The summed E-state index contributed by atoms with van der Waals surface area (Å²) in [4.78, 5) is 144. The summed E-state index contributed by atoms with van der Waals surface area (Å²) in [7, 11) is 0. The molecule has 1 aliphatic rings. The second-order valence-corrected chi connectivity index (χ2v) is 17.6. The van der Waals surface area contributed by atoms with Gasteiger partial charge in [0.1, 0.15) is 42.3 Å². The van der Waals surface area contributed by atoms with Crippen LogP contribution in [0, 0.1) is 5.92 Å². The summed E-state index contributed by atoms with van der Waals surface area (Å²) < 4.78 is 0. The molecule has 0 radical (unpaired) electrons. The average Bonchev–Trinajstić information content (AvgIpc) is 3.86. The minimum Gasteiger partial charge on any atom is -0.480 e. The zero-order valence-electron chi connectivity index (χ0n) is 39.9. The lowest BCUT2D eigenvalue weighted by atomic mass is 10.00. The van der Waals surface area contributed by atoms with E-state index in [1.54, 1.807) is 74.5 Å². The Balaban J connectivity index is 1.87. The van der Waals surface area contributed by atoms with E-state index in [1.807, 2.05) is 0 Å². The van der Waals surface area contributed by atoms with Crippen molar-refractivity contribution in [3.05, 3.63) is 71.8 Å². The topological polar surface area (TPSA) is 408 Å². The molecular weight excluding hydrogens is 925 g/mol. The third kappa shape index (κ3) is 20.6. The van der Waals surface area contributed by atoms with Crippen molar-refractivity contribution >= 4 is 65.0 Å². The number of carbonyl (C=O) groups excluding carboxylic acids is 10. The van der Waals surface area contributed by atoms with Gasteiger partial charge in [-0.3, -0.25) is 47.9 Å². The summed E-state index contributed by atoms with van der Waals surface area (Å²) in [5, 5.41) is 30.3. The molecule has 71 heavy (non-hydrogen) atoms. The molecule has 1 saturated heterocycles. The van der Waals surface area contributed by atoms with E-state index in [-0.39, 0.29) is 32.2 Å². The number of rotatable bonds is 31. The fraction of sp³-hybridized carbons (Fsp3) is 0.511. The Morgan fingerprint density at radius 3 is 1.49 bits per heavy atom. The van der Waals surface area contributed by atoms with E-state index < -0.39 is 145 Å². The molecule has 17 N–H and O–H groups in total. The second kappa shape index (κ2) is 29.5. The van der Waals surface area contributed by atoms with Crippen LogP contribution in [0.2, 0.25) is 0 Å².